The number of hydrogen-bond donors (Lipinski definition) is 2. The maximum Gasteiger partial charge on any atom is 0.0341 e. The number of nitrogens with one attached hydrogen (secondary N) is 2. The highest BCUT2D eigenvalue weighted by Gasteiger charge is 2.12. The third-order valence-electron chi connectivity index (χ3n) is 3.87. The van der Waals surface area contributed by atoms with Gasteiger partial charge in [-0.15, -0.1) is 0 Å². The maximum absolute atomic E-state index is 3.53. The van der Waals surface area contributed by atoms with E-state index in [1.165, 1.54) is 49.9 Å². The zero-order valence-electron chi connectivity index (χ0n) is 11.5. The van der Waals surface area contributed by atoms with Crippen molar-refractivity contribution < 1.29 is 0 Å². The van der Waals surface area contributed by atoms with Crippen LogP contribution in [0, 0.1) is 5.92 Å². The third-order valence-corrected chi connectivity index (χ3v) is 3.87. The van der Waals surface area contributed by atoms with Crippen LogP contribution in [0.3, 0.4) is 0 Å². The fraction of sp³-hybridized carbons (Fsp3) is 0.625. The predicted molar refractivity (Wildman–Crippen MR) is 80.3 cm³/mol. The van der Waals surface area contributed by atoms with Gasteiger partial charge >= 0.3 is 0 Å². The molecule has 0 bridgehead atoms. The van der Waals surface area contributed by atoms with E-state index in [0.29, 0.717) is 0 Å². The lowest BCUT2D eigenvalue weighted by molar-refractivity contribution is 0.345. The minimum absolute atomic E-state index is 0.965. The molecule has 1 aliphatic rings. The van der Waals surface area contributed by atoms with Gasteiger partial charge in [0.15, 0.2) is 0 Å². The highest BCUT2D eigenvalue weighted by atomic mass is 14.9. The van der Waals surface area contributed by atoms with E-state index in [-0.39, 0.29) is 0 Å². The summed E-state index contributed by atoms with van der Waals surface area (Å²) in [6, 6.07) is 8.62. The van der Waals surface area contributed by atoms with E-state index in [4.69, 9.17) is 0 Å². The average Bonchev–Trinajstić information content (AvgIpc) is 2.42. The molecule has 0 saturated heterocycles. The van der Waals surface area contributed by atoms with E-state index in [1.54, 1.807) is 0 Å². The first-order valence-corrected chi connectivity index (χ1v) is 7.46. The summed E-state index contributed by atoms with van der Waals surface area (Å²) in [5.74, 6) is 0.965. The highest BCUT2D eigenvalue weighted by Crippen LogP contribution is 2.26. The third kappa shape index (κ3) is 4.25. The molecule has 0 radical (unpaired) electrons. The van der Waals surface area contributed by atoms with Crippen LogP contribution in [0.1, 0.15) is 45.4 Å². The Morgan fingerprint density at radius 1 is 0.944 bits per heavy atom. The van der Waals surface area contributed by atoms with Crippen LogP contribution in [0.4, 0.5) is 11.4 Å². The quantitative estimate of drug-likeness (QED) is 0.772. The van der Waals surface area contributed by atoms with Crippen molar-refractivity contribution in [2.75, 3.05) is 23.7 Å². The van der Waals surface area contributed by atoms with Crippen molar-refractivity contribution in [2.24, 2.45) is 5.92 Å². The Balaban J connectivity index is 1.69. The van der Waals surface area contributed by atoms with Crippen molar-refractivity contribution in [2.45, 2.75) is 45.4 Å². The van der Waals surface area contributed by atoms with E-state index < -0.39 is 0 Å². The summed E-state index contributed by atoms with van der Waals surface area (Å²) in [6.07, 6.45) is 8.57. The van der Waals surface area contributed by atoms with Gasteiger partial charge in [0.05, 0.1) is 0 Å². The smallest absolute Gasteiger partial charge is 0.0341 e. The lowest BCUT2D eigenvalue weighted by Crippen LogP contribution is -2.12. The van der Waals surface area contributed by atoms with E-state index in [0.717, 1.165) is 19.0 Å². The standard InChI is InChI=1S/C16H26N2/c1-2-17-15-8-10-16(11-9-15)18-13-12-14-6-4-3-5-7-14/h8-11,14,17-18H,2-7,12-13H2,1H3. The second kappa shape index (κ2) is 7.30. The van der Waals surface area contributed by atoms with Gasteiger partial charge in [-0.3, -0.25) is 0 Å². The van der Waals surface area contributed by atoms with Gasteiger partial charge in [0, 0.05) is 24.5 Å². The summed E-state index contributed by atoms with van der Waals surface area (Å²) in [5, 5.41) is 6.85. The molecule has 0 unspecified atom stereocenters. The number of benzene rings is 1. The van der Waals surface area contributed by atoms with Crippen LogP contribution in [0.25, 0.3) is 0 Å². The second-order valence-electron chi connectivity index (χ2n) is 5.33. The normalized spacial score (nSPS) is 16.5. The molecule has 0 aliphatic heterocycles. The van der Waals surface area contributed by atoms with Crippen molar-refractivity contribution in [3.63, 3.8) is 0 Å². The molecule has 1 aromatic carbocycles. The lowest BCUT2D eigenvalue weighted by atomic mass is 9.87. The highest BCUT2D eigenvalue weighted by molar-refractivity contribution is 5.53. The molecule has 2 heteroatoms. The first-order chi connectivity index (χ1) is 8.88. The van der Waals surface area contributed by atoms with E-state index in [1.807, 2.05) is 0 Å². The minimum atomic E-state index is 0.965. The summed E-state index contributed by atoms with van der Waals surface area (Å²) in [6.45, 7) is 4.22. The SMILES string of the molecule is CCNc1ccc(NCCC2CCCCC2)cc1. The van der Waals surface area contributed by atoms with Gasteiger partial charge in [-0.25, -0.2) is 0 Å². The second-order valence-corrected chi connectivity index (χ2v) is 5.33. The molecular formula is C16H26N2. The molecule has 0 spiro atoms. The van der Waals surface area contributed by atoms with Crippen LogP contribution >= 0.6 is 0 Å². The summed E-state index contributed by atoms with van der Waals surface area (Å²) in [7, 11) is 0. The Hall–Kier alpha value is -1.18. The summed E-state index contributed by atoms with van der Waals surface area (Å²) >= 11 is 0. The molecule has 1 saturated carbocycles. The van der Waals surface area contributed by atoms with Crippen molar-refractivity contribution >= 4 is 11.4 Å². The topological polar surface area (TPSA) is 24.1 Å². The maximum atomic E-state index is 3.53. The van der Waals surface area contributed by atoms with Crippen LogP contribution in [-0.2, 0) is 0 Å². The molecule has 18 heavy (non-hydrogen) atoms. The molecular weight excluding hydrogens is 220 g/mol. The Morgan fingerprint density at radius 2 is 1.56 bits per heavy atom. The van der Waals surface area contributed by atoms with Gasteiger partial charge < -0.3 is 10.6 Å². The summed E-state index contributed by atoms with van der Waals surface area (Å²) in [5.41, 5.74) is 2.45. The minimum Gasteiger partial charge on any atom is -0.385 e. The van der Waals surface area contributed by atoms with Crippen LogP contribution in [0.5, 0.6) is 0 Å². The Morgan fingerprint density at radius 3 is 2.17 bits per heavy atom. The number of anilines is 2. The molecule has 0 heterocycles. The van der Waals surface area contributed by atoms with Crippen molar-refractivity contribution in [3.05, 3.63) is 24.3 Å². The predicted octanol–water partition coefficient (Wildman–Crippen LogP) is 4.50. The monoisotopic (exact) mass is 246 g/mol. The fourth-order valence-corrected chi connectivity index (χ4v) is 2.81. The van der Waals surface area contributed by atoms with Crippen LogP contribution < -0.4 is 10.6 Å². The van der Waals surface area contributed by atoms with Gasteiger partial charge in [0.2, 0.25) is 0 Å². The Bertz CT molecular complexity index is 325. The molecule has 1 aliphatic carbocycles. The van der Waals surface area contributed by atoms with Gasteiger partial charge in [0.1, 0.15) is 0 Å². The van der Waals surface area contributed by atoms with Gasteiger partial charge in [-0.2, -0.15) is 0 Å². The molecule has 2 nitrogen and oxygen atoms in total. The first-order valence-electron chi connectivity index (χ1n) is 7.46. The van der Waals surface area contributed by atoms with Crippen LogP contribution in [0.2, 0.25) is 0 Å². The largest absolute Gasteiger partial charge is 0.385 e. The van der Waals surface area contributed by atoms with Gasteiger partial charge in [-0.05, 0) is 43.5 Å². The van der Waals surface area contributed by atoms with E-state index in [2.05, 4.69) is 41.8 Å². The number of rotatable bonds is 6. The lowest BCUT2D eigenvalue weighted by Gasteiger charge is -2.21. The van der Waals surface area contributed by atoms with E-state index in [9.17, 15) is 0 Å². The molecule has 100 valence electrons. The zero-order valence-corrected chi connectivity index (χ0v) is 11.5. The van der Waals surface area contributed by atoms with Gasteiger partial charge in [-0.1, -0.05) is 32.1 Å². The molecule has 2 N–H and O–H groups in total. The molecule has 0 atom stereocenters. The number of hydrogen-bond acceptors (Lipinski definition) is 2. The van der Waals surface area contributed by atoms with E-state index >= 15 is 0 Å². The van der Waals surface area contributed by atoms with Crippen molar-refractivity contribution in [1.82, 2.24) is 0 Å². The van der Waals surface area contributed by atoms with Crippen LogP contribution in [0.15, 0.2) is 24.3 Å². The first kappa shape index (κ1) is 13.3. The van der Waals surface area contributed by atoms with Crippen molar-refractivity contribution in [3.8, 4) is 0 Å². The summed E-state index contributed by atoms with van der Waals surface area (Å²) < 4.78 is 0. The molecule has 2 rings (SSSR count). The molecule has 0 amide bonds. The average molecular weight is 246 g/mol. The molecule has 1 fully saturated rings. The Kier molecular flexibility index (Phi) is 5.37. The van der Waals surface area contributed by atoms with Crippen molar-refractivity contribution in [1.29, 1.82) is 0 Å². The molecule has 1 aromatic rings. The summed E-state index contributed by atoms with van der Waals surface area (Å²) in [4.78, 5) is 0. The fourth-order valence-electron chi connectivity index (χ4n) is 2.81. The van der Waals surface area contributed by atoms with Crippen LogP contribution in [-0.4, -0.2) is 13.1 Å². The Labute approximate surface area is 111 Å². The molecule has 0 aromatic heterocycles. The zero-order chi connectivity index (χ0) is 12.6. The van der Waals surface area contributed by atoms with Gasteiger partial charge in [0.25, 0.3) is 0 Å².